The molecule has 6 fully saturated rings. The zero-order valence-electron chi connectivity index (χ0n) is 16.9. The molecule has 9 aliphatic carbocycles. The van der Waals surface area contributed by atoms with Crippen LogP contribution in [0.4, 0.5) is 0 Å². The summed E-state index contributed by atoms with van der Waals surface area (Å²) in [6.45, 7) is 0. The van der Waals surface area contributed by atoms with Crippen molar-refractivity contribution in [3.8, 4) is 0 Å². The van der Waals surface area contributed by atoms with Gasteiger partial charge in [0.1, 0.15) is 11.6 Å². The van der Waals surface area contributed by atoms with Gasteiger partial charge in [-0.1, -0.05) is 11.1 Å². The maximum absolute atomic E-state index is 13.1. The summed E-state index contributed by atoms with van der Waals surface area (Å²) in [5.74, 6) is 9.86. The van der Waals surface area contributed by atoms with E-state index < -0.39 is 5.41 Å². The number of rotatable bonds is 0. The van der Waals surface area contributed by atoms with Crippen molar-refractivity contribution in [3.05, 3.63) is 11.1 Å². The lowest BCUT2D eigenvalue weighted by molar-refractivity contribution is -0.143. The number of fused-ring (bicyclic) bond motifs is 4. The van der Waals surface area contributed by atoms with Crippen LogP contribution >= 0.6 is 0 Å². The smallest absolute Gasteiger partial charge is 0.147 e. The number of carbonyl (C=O) groups is 2. The summed E-state index contributed by atoms with van der Waals surface area (Å²) in [7, 11) is 0. The van der Waals surface area contributed by atoms with Gasteiger partial charge in [0.25, 0.3) is 0 Å². The van der Waals surface area contributed by atoms with Crippen LogP contribution in [-0.4, -0.2) is 11.6 Å². The van der Waals surface area contributed by atoms with Gasteiger partial charge in [0.05, 0.1) is 5.41 Å². The molecular weight excluding hydrogens is 344 g/mol. The van der Waals surface area contributed by atoms with E-state index in [0.29, 0.717) is 24.4 Å². The van der Waals surface area contributed by atoms with Crippen LogP contribution in [0.25, 0.3) is 0 Å². The van der Waals surface area contributed by atoms with Crippen molar-refractivity contribution in [2.75, 3.05) is 0 Å². The number of Topliss-reactive ketones (excluding diaryl/α,β-unsaturated/α-hetero) is 2. The summed E-state index contributed by atoms with van der Waals surface area (Å²) in [5, 5.41) is 0. The molecule has 6 saturated carbocycles. The Kier molecular flexibility index (Phi) is 2.75. The zero-order chi connectivity index (χ0) is 18.4. The second-order valence-electron chi connectivity index (χ2n) is 12.2. The van der Waals surface area contributed by atoms with Gasteiger partial charge in [0, 0.05) is 12.8 Å². The Bertz CT molecular complexity index is 750. The summed E-state index contributed by atoms with van der Waals surface area (Å²) >= 11 is 0. The standard InChI is InChI=1S/C26H32O2/c27-18-2-1-3-19(28)26(18)10-16-17(11-26)25-21-13-5-4-12(8-13)20(21)24(16)22-14-6-7-15(9-14)23(22)25/h12-15,20-25H,1-11H2/t12-,13+,14+,15-,20+,21-,22-,23+,24?,25?. The van der Waals surface area contributed by atoms with Gasteiger partial charge in [0.15, 0.2) is 0 Å². The highest BCUT2D eigenvalue weighted by atomic mass is 16.2. The molecule has 10 atom stereocenters. The summed E-state index contributed by atoms with van der Waals surface area (Å²) in [4.78, 5) is 26.3. The van der Waals surface area contributed by atoms with E-state index in [-0.39, 0.29) is 0 Å². The molecule has 148 valence electrons. The molecule has 2 heteroatoms. The van der Waals surface area contributed by atoms with Gasteiger partial charge in [-0.25, -0.2) is 0 Å². The Balaban J connectivity index is 1.29. The number of allylic oxidation sites excluding steroid dienone is 2. The third kappa shape index (κ3) is 1.54. The van der Waals surface area contributed by atoms with E-state index in [0.717, 1.165) is 78.4 Å². The topological polar surface area (TPSA) is 34.1 Å². The number of hydrogen-bond acceptors (Lipinski definition) is 2. The van der Waals surface area contributed by atoms with Gasteiger partial charge in [-0.3, -0.25) is 9.59 Å². The third-order valence-electron chi connectivity index (χ3n) is 11.8. The second kappa shape index (κ2) is 4.86. The van der Waals surface area contributed by atoms with E-state index in [4.69, 9.17) is 0 Å². The molecule has 0 heterocycles. The van der Waals surface area contributed by atoms with Crippen molar-refractivity contribution in [2.24, 2.45) is 64.6 Å². The zero-order valence-corrected chi connectivity index (χ0v) is 16.9. The molecule has 28 heavy (non-hydrogen) atoms. The van der Waals surface area contributed by atoms with Gasteiger partial charge < -0.3 is 0 Å². The lowest BCUT2D eigenvalue weighted by Gasteiger charge is -2.60. The first-order valence-electron chi connectivity index (χ1n) is 12.5. The van der Waals surface area contributed by atoms with Crippen molar-refractivity contribution >= 4 is 11.6 Å². The monoisotopic (exact) mass is 376 g/mol. The highest BCUT2D eigenvalue weighted by molar-refractivity contribution is 6.10. The van der Waals surface area contributed by atoms with Gasteiger partial charge >= 0.3 is 0 Å². The Morgan fingerprint density at radius 3 is 1.39 bits per heavy atom. The fourth-order valence-electron chi connectivity index (χ4n) is 11.4. The van der Waals surface area contributed by atoms with E-state index in [1.807, 2.05) is 0 Å². The van der Waals surface area contributed by atoms with Crippen molar-refractivity contribution in [2.45, 2.75) is 70.6 Å². The fourth-order valence-corrected chi connectivity index (χ4v) is 11.4. The summed E-state index contributed by atoms with van der Waals surface area (Å²) in [5.41, 5.74) is 2.82. The molecular formula is C26H32O2. The molecule has 2 unspecified atom stereocenters. The van der Waals surface area contributed by atoms with Crippen LogP contribution in [0.1, 0.15) is 70.6 Å². The summed E-state index contributed by atoms with van der Waals surface area (Å²) in [6, 6.07) is 0. The first-order valence-corrected chi connectivity index (χ1v) is 12.5. The van der Waals surface area contributed by atoms with Crippen LogP contribution in [0.2, 0.25) is 0 Å². The van der Waals surface area contributed by atoms with E-state index in [9.17, 15) is 9.59 Å². The van der Waals surface area contributed by atoms with Crippen LogP contribution in [0.15, 0.2) is 11.1 Å². The molecule has 0 N–H and O–H groups in total. The molecule has 0 aromatic rings. The second-order valence-corrected chi connectivity index (χ2v) is 12.2. The average molecular weight is 377 g/mol. The molecule has 1 spiro atoms. The normalized spacial score (nSPS) is 56.7. The van der Waals surface area contributed by atoms with Gasteiger partial charge in [-0.2, -0.15) is 0 Å². The van der Waals surface area contributed by atoms with Crippen molar-refractivity contribution < 1.29 is 9.59 Å². The fraction of sp³-hybridized carbons (Fsp3) is 0.846. The van der Waals surface area contributed by atoms with E-state index in [2.05, 4.69) is 0 Å². The minimum absolute atomic E-state index is 0.318. The van der Waals surface area contributed by atoms with Gasteiger partial charge in [0.2, 0.25) is 0 Å². The predicted octanol–water partition coefficient (Wildman–Crippen LogP) is 4.97. The van der Waals surface area contributed by atoms with Gasteiger partial charge in [-0.05, 0) is 117 Å². The maximum Gasteiger partial charge on any atom is 0.147 e. The summed E-state index contributed by atoms with van der Waals surface area (Å²) < 4.78 is 0. The number of carbonyl (C=O) groups excluding carboxylic acids is 2. The minimum Gasteiger partial charge on any atom is -0.299 e. The molecule has 0 saturated heterocycles. The molecule has 9 rings (SSSR count). The van der Waals surface area contributed by atoms with Crippen molar-refractivity contribution in [1.82, 2.24) is 0 Å². The first-order chi connectivity index (χ1) is 13.7. The lowest BCUT2D eigenvalue weighted by Crippen LogP contribution is -2.55. The van der Waals surface area contributed by atoms with Crippen LogP contribution < -0.4 is 0 Å². The lowest BCUT2D eigenvalue weighted by atomic mass is 9.44. The molecule has 6 bridgehead atoms. The molecule has 0 amide bonds. The SMILES string of the molecule is O=C1CCCC(=O)C12CC1=C(C2)C2[C@@H]3[C@H]4CC[C@H](C4)[C@@H]3C1[C@@H]1[C@H]3CC[C@H](C3)[C@H]21. The van der Waals surface area contributed by atoms with Crippen LogP contribution in [-0.2, 0) is 9.59 Å². The number of ketones is 2. The van der Waals surface area contributed by atoms with Gasteiger partial charge in [-0.15, -0.1) is 0 Å². The van der Waals surface area contributed by atoms with Crippen molar-refractivity contribution in [3.63, 3.8) is 0 Å². The largest absolute Gasteiger partial charge is 0.299 e. The highest BCUT2D eigenvalue weighted by Gasteiger charge is 2.71. The minimum atomic E-state index is -0.589. The van der Waals surface area contributed by atoms with Crippen LogP contribution in [0, 0.1) is 64.6 Å². The Morgan fingerprint density at radius 1 is 0.607 bits per heavy atom. The number of hydrogen-bond donors (Lipinski definition) is 0. The summed E-state index contributed by atoms with van der Waals surface area (Å²) in [6.07, 6.45) is 12.8. The van der Waals surface area contributed by atoms with E-state index >= 15 is 0 Å². The quantitative estimate of drug-likeness (QED) is 0.442. The maximum atomic E-state index is 13.1. The Morgan fingerprint density at radius 2 is 1.00 bits per heavy atom. The predicted molar refractivity (Wildman–Crippen MR) is 105 cm³/mol. The third-order valence-corrected chi connectivity index (χ3v) is 11.8. The molecule has 0 radical (unpaired) electrons. The van der Waals surface area contributed by atoms with Crippen molar-refractivity contribution in [1.29, 1.82) is 0 Å². The molecule has 2 nitrogen and oxygen atoms in total. The Hall–Kier alpha value is -0.920. The van der Waals surface area contributed by atoms with E-state index in [1.54, 1.807) is 11.1 Å². The first kappa shape index (κ1) is 15.9. The average Bonchev–Trinajstić information content (AvgIpc) is 3.51. The highest BCUT2D eigenvalue weighted by Crippen LogP contribution is 2.77. The molecule has 0 aromatic carbocycles. The van der Waals surface area contributed by atoms with Crippen LogP contribution in [0.5, 0.6) is 0 Å². The molecule has 0 aromatic heterocycles. The van der Waals surface area contributed by atoms with Crippen LogP contribution in [0.3, 0.4) is 0 Å². The molecule has 0 aliphatic heterocycles. The Labute approximate surface area is 167 Å². The van der Waals surface area contributed by atoms with E-state index in [1.165, 1.54) is 38.5 Å². The molecule has 9 aliphatic rings.